The lowest BCUT2D eigenvalue weighted by atomic mass is 10.3. The summed E-state index contributed by atoms with van der Waals surface area (Å²) < 4.78 is 27.0. The van der Waals surface area contributed by atoms with Crippen molar-refractivity contribution >= 4 is 27.6 Å². The summed E-state index contributed by atoms with van der Waals surface area (Å²) >= 11 is 3.29. The Hall–Kier alpha value is -1.21. The lowest BCUT2D eigenvalue weighted by Crippen LogP contribution is -2.39. The van der Waals surface area contributed by atoms with Crippen LogP contribution in [-0.2, 0) is 0 Å². The van der Waals surface area contributed by atoms with Crippen LogP contribution in [0.1, 0.15) is 6.42 Å². The van der Waals surface area contributed by atoms with E-state index >= 15 is 0 Å². The molecule has 0 radical (unpaired) electrons. The number of rotatable bonds is 1. The number of nitrogens with one attached hydrogen (secondary N) is 1. The van der Waals surface area contributed by atoms with E-state index in [4.69, 9.17) is 5.21 Å². The molecule has 1 aromatic carbocycles. The highest BCUT2D eigenvalue weighted by Crippen LogP contribution is 2.27. The number of hydrogen-bond acceptors (Lipinski definition) is 2. The van der Waals surface area contributed by atoms with E-state index in [0.29, 0.717) is 5.69 Å². The van der Waals surface area contributed by atoms with Gasteiger partial charge in [0.1, 0.15) is 0 Å². The second-order valence-corrected chi connectivity index (χ2v) is 4.97. The minimum absolute atomic E-state index is 0.0327. The number of likely N-dealkylation sites (tertiary alicyclic amines) is 1. The largest absolute Gasteiger partial charge is 0.335 e. The first-order valence-corrected chi connectivity index (χ1v) is 6.17. The zero-order valence-corrected chi connectivity index (χ0v) is 11.0. The number of hydroxylamine groups is 1. The lowest BCUT2D eigenvalue weighted by molar-refractivity contribution is 0.0167. The Labute approximate surface area is 111 Å². The standard InChI is InChI=1S/C11H12BrF2N3O/c12-8-2-1-3-9(6-8)15-10(16-18)17-5-4-11(13,14)7-17/h1-3,6,18H,4-5,7H2,(H,15,16). The van der Waals surface area contributed by atoms with Crippen LogP contribution < -0.4 is 5.48 Å². The fraction of sp³-hybridized carbons (Fsp3) is 0.364. The molecule has 98 valence electrons. The van der Waals surface area contributed by atoms with Crippen LogP contribution >= 0.6 is 15.9 Å². The third-order valence-electron chi connectivity index (χ3n) is 2.61. The van der Waals surface area contributed by atoms with E-state index < -0.39 is 12.5 Å². The van der Waals surface area contributed by atoms with Crippen LogP contribution in [0.4, 0.5) is 14.5 Å². The molecule has 0 bridgehead atoms. The van der Waals surface area contributed by atoms with Crippen molar-refractivity contribution < 1.29 is 14.0 Å². The molecule has 7 heteroatoms. The topological polar surface area (TPSA) is 47.9 Å². The van der Waals surface area contributed by atoms with Crippen LogP contribution in [0.2, 0.25) is 0 Å². The Morgan fingerprint density at radius 3 is 2.83 bits per heavy atom. The molecule has 1 aliphatic rings. The zero-order valence-electron chi connectivity index (χ0n) is 9.41. The van der Waals surface area contributed by atoms with Crippen LogP contribution in [0.3, 0.4) is 0 Å². The zero-order chi connectivity index (χ0) is 13.2. The predicted molar refractivity (Wildman–Crippen MR) is 67.3 cm³/mol. The molecule has 1 saturated heterocycles. The van der Waals surface area contributed by atoms with Crippen molar-refractivity contribution in [3.05, 3.63) is 28.7 Å². The van der Waals surface area contributed by atoms with Gasteiger partial charge in [0.25, 0.3) is 5.92 Å². The molecule has 0 aromatic heterocycles. The fourth-order valence-corrected chi connectivity index (χ4v) is 2.14. The van der Waals surface area contributed by atoms with Gasteiger partial charge in [-0.1, -0.05) is 22.0 Å². The van der Waals surface area contributed by atoms with E-state index in [-0.39, 0.29) is 18.9 Å². The van der Waals surface area contributed by atoms with Crippen LogP contribution in [0.15, 0.2) is 33.7 Å². The number of nitrogens with zero attached hydrogens (tertiary/aromatic N) is 2. The van der Waals surface area contributed by atoms with E-state index in [1.54, 1.807) is 18.2 Å². The van der Waals surface area contributed by atoms with Gasteiger partial charge in [-0.15, -0.1) is 0 Å². The molecular formula is C11H12BrF2N3O. The summed E-state index contributed by atoms with van der Waals surface area (Å²) in [6.07, 6.45) is -0.230. The summed E-state index contributed by atoms with van der Waals surface area (Å²) in [5.74, 6) is -2.69. The van der Waals surface area contributed by atoms with Crippen LogP contribution in [0.5, 0.6) is 0 Å². The average molecular weight is 320 g/mol. The maximum Gasteiger partial charge on any atom is 0.267 e. The maximum absolute atomic E-state index is 13.1. The highest BCUT2D eigenvalue weighted by molar-refractivity contribution is 9.10. The van der Waals surface area contributed by atoms with Crippen LogP contribution in [-0.4, -0.2) is 35.1 Å². The minimum atomic E-state index is -2.73. The second kappa shape index (κ2) is 5.19. The van der Waals surface area contributed by atoms with E-state index in [1.807, 2.05) is 11.5 Å². The molecule has 2 N–H and O–H groups in total. The molecule has 0 unspecified atom stereocenters. The van der Waals surface area contributed by atoms with E-state index in [2.05, 4.69) is 20.9 Å². The van der Waals surface area contributed by atoms with Gasteiger partial charge in [-0.05, 0) is 18.2 Å². The third kappa shape index (κ3) is 3.17. The molecule has 1 aromatic rings. The SMILES string of the molecule is ONC(=Nc1cccc(Br)c1)N1CCC(F)(F)C1. The Bertz CT molecular complexity index is 467. The van der Waals surface area contributed by atoms with Crippen molar-refractivity contribution in [2.24, 2.45) is 4.99 Å². The van der Waals surface area contributed by atoms with Crippen molar-refractivity contribution in [3.63, 3.8) is 0 Å². The highest BCUT2D eigenvalue weighted by Gasteiger charge is 2.39. The molecule has 1 aliphatic heterocycles. The highest BCUT2D eigenvalue weighted by atomic mass is 79.9. The quantitative estimate of drug-likeness (QED) is 0.475. The Morgan fingerprint density at radius 2 is 2.28 bits per heavy atom. The number of halogens is 3. The van der Waals surface area contributed by atoms with E-state index in [0.717, 1.165) is 4.47 Å². The smallest absolute Gasteiger partial charge is 0.267 e. The monoisotopic (exact) mass is 319 g/mol. The summed E-state index contributed by atoms with van der Waals surface area (Å²) in [5, 5.41) is 9.01. The van der Waals surface area contributed by atoms with Gasteiger partial charge in [0.2, 0.25) is 5.96 Å². The molecule has 0 aliphatic carbocycles. The second-order valence-electron chi connectivity index (χ2n) is 4.05. The summed E-state index contributed by atoms with van der Waals surface area (Å²) in [7, 11) is 0. The number of alkyl halides is 2. The first kappa shape index (κ1) is 13.2. The molecule has 0 spiro atoms. The van der Waals surface area contributed by atoms with Crippen molar-refractivity contribution in [3.8, 4) is 0 Å². The number of aliphatic imine (C=N–C) groups is 1. The molecule has 1 heterocycles. The molecule has 1 fully saturated rings. The Morgan fingerprint density at radius 1 is 1.50 bits per heavy atom. The van der Waals surface area contributed by atoms with Crippen molar-refractivity contribution in [1.29, 1.82) is 0 Å². The normalized spacial score (nSPS) is 19.1. The molecule has 18 heavy (non-hydrogen) atoms. The fourth-order valence-electron chi connectivity index (χ4n) is 1.75. The van der Waals surface area contributed by atoms with Crippen molar-refractivity contribution in [2.75, 3.05) is 13.1 Å². The number of guanidine groups is 1. The van der Waals surface area contributed by atoms with E-state index in [9.17, 15) is 8.78 Å². The Balaban J connectivity index is 2.19. The average Bonchev–Trinajstić information content (AvgIpc) is 2.66. The van der Waals surface area contributed by atoms with Gasteiger partial charge in [0, 0.05) is 17.4 Å². The number of hydrogen-bond donors (Lipinski definition) is 2. The summed E-state index contributed by atoms with van der Waals surface area (Å²) in [6.45, 7) is -0.277. The van der Waals surface area contributed by atoms with Gasteiger partial charge in [0.05, 0.1) is 12.2 Å². The first-order valence-electron chi connectivity index (χ1n) is 5.37. The van der Waals surface area contributed by atoms with Crippen LogP contribution in [0.25, 0.3) is 0 Å². The first-order chi connectivity index (χ1) is 8.50. The predicted octanol–water partition coefficient (Wildman–Crippen LogP) is 2.76. The Kier molecular flexibility index (Phi) is 3.82. The van der Waals surface area contributed by atoms with Crippen LogP contribution in [0, 0.1) is 0 Å². The third-order valence-corrected chi connectivity index (χ3v) is 3.11. The van der Waals surface area contributed by atoms with Crippen molar-refractivity contribution in [2.45, 2.75) is 12.3 Å². The van der Waals surface area contributed by atoms with Gasteiger partial charge < -0.3 is 4.90 Å². The van der Waals surface area contributed by atoms with Gasteiger partial charge in [0.15, 0.2) is 0 Å². The molecule has 4 nitrogen and oxygen atoms in total. The van der Waals surface area contributed by atoms with Gasteiger partial charge in [-0.25, -0.2) is 19.3 Å². The summed E-state index contributed by atoms with van der Waals surface area (Å²) in [4.78, 5) is 5.42. The summed E-state index contributed by atoms with van der Waals surface area (Å²) in [5.41, 5.74) is 2.44. The minimum Gasteiger partial charge on any atom is -0.335 e. The molecule has 0 atom stereocenters. The number of benzene rings is 1. The van der Waals surface area contributed by atoms with Gasteiger partial charge >= 0.3 is 0 Å². The van der Waals surface area contributed by atoms with Gasteiger partial charge in [-0.3, -0.25) is 5.21 Å². The summed E-state index contributed by atoms with van der Waals surface area (Å²) in [6, 6.07) is 7.05. The molecule has 0 amide bonds. The molecular weight excluding hydrogens is 308 g/mol. The maximum atomic E-state index is 13.1. The molecule has 2 rings (SSSR count). The van der Waals surface area contributed by atoms with Crippen molar-refractivity contribution in [1.82, 2.24) is 10.4 Å². The van der Waals surface area contributed by atoms with Gasteiger partial charge in [-0.2, -0.15) is 0 Å². The lowest BCUT2D eigenvalue weighted by Gasteiger charge is -2.18. The molecule has 0 saturated carbocycles. The van der Waals surface area contributed by atoms with E-state index in [1.165, 1.54) is 4.90 Å².